The number of unbranched alkanes of at least 4 members (excludes halogenated alkanes) is 3. The molecule has 130 valence electrons. The van der Waals surface area contributed by atoms with E-state index in [1.54, 1.807) is 11.3 Å². The van der Waals surface area contributed by atoms with Crippen molar-refractivity contribution >= 4 is 42.1 Å². The fourth-order valence-electron chi connectivity index (χ4n) is 2.05. The molecular formula is C15H29Cl2N3OS. The number of carbonyl (C=O) groups is 1. The highest BCUT2D eigenvalue weighted by Gasteiger charge is 2.29. The second-order valence-electron chi connectivity index (χ2n) is 5.48. The molecule has 1 aromatic heterocycles. The third kappa shape index (κ3) is 7.77. The Hall–Kier alpha value is -0.360. The Labute approximate surface area is 150 Å². The lowest BCUT2D eigenvalue weighted by Crippen LogP contribution is -2.42. The molecule has 0 saturated heterocycles. The van der Waals surface area contributed by atoms with Gasteiger partial charge in [0, 0.05) is 17.5 Å². The third-order valence-corrected chi connectivity index (χ3v) is 4.80. The summed E-state index contributed by atoms with van der Waals surface area (Å²) in [4.78, 5) is 16.6. The fraction of sp³-hybridized carbons (Fsp3) is 0.733. The summed E-state index contributed by atoms with van der Waals surface area (Å²) in [7, 11) is 0. The van der Waals surface area contributed by atoms with Crippen molar-refractivity contribution in [1.29, 1.82) is 0 Å². The van der Waals surface area contributed by atoms with E-state index < -0.39 is 0 Å². The summed E-state index contributed by atoms with van der Waals surface area (Å²) in [5.41, 5.74) is 6.13. The van der Waals surface area contributed by atoms with Gasteiger partial charge in [-0.05, 0) is 39.7 Å². The topological polar surface area (TPSA) is 68.0 Å². The number of halogens is 2. The minimum Gasteiger partial charge on any atom is -0.344 e. The van der Waals surface area contributed by atoms with Gasteiger partial charge >= 0.3 is 0 Å². The van der Waals surface area contributed by atoms with Crippen LogP contribution in [0.3, 0.4) is 0 Å². The molecular weight excluding hydrogens is 341 g/mol. The first-order valence-electron chi connectivity index (χ1n) is 7.45. The first-order chi connectivity index (χ1) is 9.51. The zero-order chi connectivity index (χ0) is 15.0. The van der Waals surface area contributed by atoms with Gasteiger partial charge in [-0.1, -0.05) is 19.8 Å². The molecule has 0 radical (unpaired) electrons. The molecule has 1 aromatic rings. The van der Waals surface area contributed by atoms with Crippen molar-refractivity contribution in [3.63, 3.8) is 0 Å². The highest BCUT2D eigenvalue weighted by molar-refractivity contribution is 7.09. The summed E-state index contributed by atoms with van der Waals surface area (Å²) >= 11 is 1.62. The molecule has 1 rings (SSSR count). The number of hydrogen-bond acceptors (Lipinski definition) is 4. The molecule has 7 heteroatoms. The van der Waals surface area contributed by atoms with E-state index >= 15 is 0 Å². The van der Waals surface area contributed by atoms with Crippen molar-refractivity contribution < 1.29 is 4.79 Å². The van der Waals surface area contributed by atoms with Crippen molar-refractivity contribution in [3.8, 4) is 0 Å². The standard InChI is InChI=1S/C15H27N3OS.2ClH/c1-4-15(3,14-17-12(2)11-20-14)18-13(19)9-7-5-6-8-10-16;;/h11H,4-10,16H2,1-3H3,(H,18,19);2*1H. The molecule has 0 bridgehead atoms. The molecule has 0 spiro atoms. The molecule has 1 unspecified atom stereocenters. The Balaban J connectivity index is 0. The molecule has 4 nitrogen and oxygen atoms in total. The van der Waals surface area contributed by atoms with E-state index in [4.69, 9.17) is 5.73 Å². The number of amides is 1. The van der Waals surface area contributed by atoms with Crippen LogP contribution in [0.25, 0.3) is 0 Å². The normalized spacial score (nSPS) is 12.7. The second kappa shape index (κ2) is 12.1. The van der Waals surface area contributed by atoms with Crippen molar-refractivity contribution in [2.45, 2.75) is 64.8 Å². The van der Waals surface area contributed by atoms with E-state index in [0.29, 0.717) is 6.42 Å². The number of thiazole rings is 1. The Bertz CT molecular complexity index is 429. The van der Waals surface area contributed by atoms with Crippen LogP contribution in [0.2, 0.25) is 0 Å². The van der Waals surface area contributed by atoms with Crippen LogP contribution in [-0.4, -0.2) is 17.4 Å². The van der Waals surface area contributed by atoms with Crippen LogP contribution < -0.4 is 11.1 Å². The summed E-state index contributed by atoms with van der Waals surface area (Å²) in [6.07, 6.45) is 5.60. The van der Waals surface area contributed by atoms with Gasteiger partial charge in [-0.25, -0.2) is 4.98 Å². The molecule has 0 aliphatic rings. The summed E-state index contributed by atoms with van der Waals surface area (Å²) in [5, 5.41) is 6.17. The van der Waals surface area contributed by atoms with Crippen LogP contribution in [0.4, 0.5) is 0 Å². The lowest BCUT2D eigenvalue weighted by atomic mass is 9.99. The average molecular weight is 370 g/mol. The minimum atomic E-state index is -0.340. The first kappa shape index (κ1) is 23.9. The molecule has 0 aliphatic heterocycles. The van der Waals surface area contributed by atoms with Gasteiger partial charge in [0.05, 0.1) is 5.54 Å². The summed E-state index contributed by atoms with van der Waals surface area (Å²) < 4.78 is 0. The Morgan fingerprint density at radius 1 is 1.32 bits per heavy atom. The third-order valence-electron chi connectivity index (χ3n) is 3.57. The average Bonchev–Trinajstić information content (AvgIpc) is 2.85. The summed E-state index contributed by atoms with van der Waals surface area (Å²) in [6.45, 7) is 6.86. The predicted octanol–water partition coefficient (Wildman–Crippen LogP) is 3.95. The van der Waals surface area contributed by atoms with Crippen LogP contribution in [-0.2, 0) is 10.3 Å². The minimum absolute atomic E-state index is 0. The lowest BCUT2D eigenvalue weighted by molar-refractivity contribution is -0.123. The van der Waals surface area contributed by atoms with Crippen LogP contribution >= 0.6 is 36.2 Å². The number of carbonyl (C=O) groups excluding carboxylic acids is 1. The summed E-state index contributed by atoms with van der Waals surface area (Å²) in [5.74, 6) is 0.120. The maximum absolute atomic E-state index is 12.1. The van der Waals surface area contributed by atoms with Gasteiger partial charge in [0.25, 0.3) is 0 Å². The van der Waals surface area contributed by atoms with Gasteiger partial charge in [-0.2, -0.15) is 0 Å². The van der Waals surface area contributed by atoms with Crippen molar-refractivity contribution in [1.82, 2.24) is 10.3 Å². The van der Waals surface area contributed by atoms with E-state index in [0.717, 1.165) is 49.4 Å². The van der Waals surface area contributed by atoms with Crippen molar-refractivity contribution in [2.75, 3.05) is 6.54 Å². The Kier molecular flexibility index (Phi) is 13.2. The molecule has 3 N–H and O–H groups in total. The van der Waals surface area contributed by atoms with Gasteiger partial charge in [0.1, 0.15) is 5.01 Å². The van der Waals surface area contributed by atoms with E-state index in [1.165, 1.54) is 0 Å². The molecule has 1 atom stereocenters. The Morgan fingerprint density at radius 2 is 1.95 bits per heavy atom. The quantitative estimate of drug-likeness (QED) is 0.647. The number of nitrogens with two attached hydrogens (primary N) is 1. The SMILES string of the molecule is CCC(C)(NC(=O)CCCCCCN)c1nc(C)cs1.Cl.Cl. The number of nitrogens with zero attached hydrogens (tertiary/aromatic N) is 1. The van der Waals surface area contributed by atoms with Gasteiger partial charge < -0.3 is 11.1 Å². The largest absolute Gasteiger partial charge is 0.344 e. The maximum atomic E-state index is 12.1. The number of hydrogen-bond donors (Lipinski definition) is 2. The zero-order valence-corrected chi connectivity index (χ0v) is 16.1. The number of aryl methyl sites for hydroxylation is 1. The number of nitrogens with one attached hydrogen (secondary N) is 1. The monoisotopic (exact) mass is 369 g/mol. The molecule has 0 fully saturated rings. The molecule has 0 aromatic carbocycles. The molecule has 0 aliphatic carbocycles. The Morgan fingerprint density at radius 3 is 2.45 bits per heavy atom. The zero-order valence-electron chi connectivity index (χ0n) is 13.7. The molecule has 0 saturated carbocycles. The molecule has 1 heterocycles. The second-order valence-corrected chi connectivity index (χ2v) is 6.34. The van der Waals surface area contributed by atoms with Gasteiger partial charge in [0.2, 0.25) is 5.91 Å². The van der Waals surface area contributed by atoms with Crippen molar-refractivity contribution in [2.24, 2.45) is 5.73 Å². The van der Waals surface area contributed by atoms with E-state index in [9.17, 15) is 4.79 Å². The predicted molar refractivity (Wildman–Crippen MR) is 99.3 cm³/mol. The van der Waals surface area contributed by atoms with Gasteiger partial charge in [0.15, 0.2) is 0 Å². The summed E-state index contributed by atoms with van der Waals surface area (Å²) in [6, 6.07) is 0. The van der Waals surface area contributed by atoms with Crippen LogP contribution in [0.1, 0.15) is 63.1 Å². The van der Waals surface area contributed by atoms with E-state index in [2.05, 4.69) is 24.1 Å². The number of aromatic nitrogens is 1. The van der Waals surface area contributed by atoms with Crippen LogP contribution in [0.5, 0.6) is 0 Å². The smallest absolute Gasteiger partial charge is 0.220 e. The van der Waals surface area contributed by atoms with Crippen LogP contribution in [0, 0.1) is 6.92 Å². The highest BCUT2D eigenvalue weighted by atomic mass is 35.5. The van der Waals surface area contributed by atoms with E-state index in [1.807, 2.05) is 12.3 Å². The maximum Gasteiger partial charge on any atom is 0.220 e. The fourth-order valence-corrected chi connectivity index (χ4v) is 3.04. The first-order valence-corrected chi connectivity index (χ1v) is 8.33. The van der Waals surface area contributed by atoms with Gasteiger partial charge in [-0.15, -0.1) is 36.2 Å². The van der Waals surface area contributed by atoms with Crippen LogP contribution in [0.15, 0.2) is 5.38 Å². The van der Waals surface area contributed by atoms with Crippen molar-refractivity contribution in [3.05, 3.63) is 16.1 Å². The molecule has 1 amide bonds. The highest BCUT2D eigenvalue weighted by Crippen LogP contribution is 2.27. The molecule has 22 heavy (non-hydrogen) atoms. The van der Waals surface area contributed by atoms with E-state index in [-0.39, 0.29) is 36.3 Å². The number of rotatable bonds is 9. The lowest BCUT2D eigenvalue weighted by Gasteiger charge is -2.27. The van der Waals surface area contributed by atoms with Gasteiger partial charge in [-0.3, -0.25) is 4.79 Å².